The third-order valence-electron chi connectivity index (χ3n) is 3.71. The summed E-state index contributed by atoms with van der Waals surface area (Å²) in [5, 5.41) is 3.90. The van der Waals surface area contributed by atoms with Crippen LogP contribution in [0.5, 0.6) is 0 Å². The summed E-state index contributed by atoms with van der Waals surface area (Å²) in [6.07, 6.45) is 0.179. The van der Waals surface area contributed by atoms with Gasteiger partial charge >= 0.3 is 0 Å². The Balaban J connectivity index is 1.70. The first-order chi connectivity index (χ1) is 11.0. The van der Waals surface area contributed by atoms with Crippen molar-refractivity contribution in [2.24, 2.45) is 5.92 Å². The Labute approximate surface area is 144 Å². The van der Waals surface area contributed by atoms with Crippen LogP contribution >= 0.6 is 23.2 Å². The molecule has 1 aliphatic rings. The van der Waals surface area contributed by atoms with Crippen molar-refractivity contribution < 1.29 is 9.59 Å². The number of amides is 2. The molecule has 1 N–H and O–H groups in total. The SMILES string of the molecule is O=C(Nc1cccc(Cl)c1)C1CC(=O)N(c2cccc(Cl)c2)C1. The lowest BCUT2D eigenvalue weighted by Gasteiger charge is -2.17. The average Bonchev–Trinajstić information content (AvgIpc) is 2.89. The van der Waals surface area contributed by atoms with Crippen molar-refractivity contribution >= 4 is 46.4 Å². The number of halogens is 2. The maximum absolute atomic E-state index is 12.4. The Hall–Kier alpha value is -2.04. The number of benzene rings is 2. The summed E-state index contributed by atoms with van der Waals surface area (Å²) >= 11 is 11.9. The van der Waals surface area contributed by atoms with Gasteiger partial charge in [0.05, 0.1) is 5.92 Å². The maximum Gasteiger partial charge on any atom is 0.229 e. The highest BCUT2D eigenvalue weighted by Gasteiger charge is 2.35. The van der Waals surface area contributed by atoms with Crippen LogP contribution in [0.25, 0.3) is 0 Å². The van der Waals surface area contributed by atoms with Crippen LogP contribution in [0.4, 0.5) is 11.4 Å². The van der Waals surface area contributed by atoms with Crippen LogP contribution in [0, 0.1) is 5.92 Å². The Morgan fingerprint density at radius 3 is 2.48 bits per heavy atom. The molecular weight excluding hydrogens is 335 g/mol. The van der Waals surface area contributed by atoms with Gasteiger partial charge in [0.1, 0.15) is 0 Å². The first-order valence-corrected chi connectivity index (χ1v) is 7.91. The van der Waals surface area contributed by atoms with Gasteiger partial charge in [-0.1, -0.05) is 35.3 Å². The van der Waals surface area contributed by atoms with E-state index >= 15 is 0 Å². The second-order valence-corrected chi connectivity index (χ2v) is 6.26. The van der Waals surface area contributed by atoms with E-state index in [9.17, 15) is 9.59 Å². The number of nitrogens with one attached hydrogen (secondary N) is 1. The molecule has 0 bridgehead atoms. The van der Waals surface area contributed by atoms with Crippen molar-refractivity contribution in [3.63, 3.8) is 0 Å². The summed E-state index contributed by atoms with van der Waals surface area (Å²) in [5.41, 5.74) is 1.33. The molecule has 118 valence electrons. The van der Waals surface area contributed by atoms with Gasteiger partial charge in [0.25, 0.3) is 0 Å². The smallest absolute Gasteiger partial charge is 0.229 e. The highest BCUT2D eigenvalue weighted by Crippen LogP contribution is 2.28. The van der Waals surface area contributed by atoms with E-state index in [2.05, 4.69) is 5.32 Å². The predicted molar refractivity (Wildman–Crippen MR) is 92.0 cm³/mol. The molecule has 1 fully saturated rings. The van der Waals surface area contributed by atoms with Crippen LogP contribution in [0.2, 0.25) is 10.0 Å². The summed E-state index contributed by atoms with van der Waals surface area (Å²) in [6.45, 7) is 0.339. The van der Waals surface area contributed by atoms with Gasteiger partial charge in [-0.2, -0.15) is 0 Å². The van der Waals surface area contributed by atoms with Crippen molar-refractivity contribution in [1.29, 1.82) is 0 Å². The van der Waals surface area contributed by atoms with Crippen LogP contribution < -0.4 is 10.2 Å². The second-order valence-electron chi connectivity index (χ2n) is 5.38. The predicted octanol–water partition coefficient (Wildman–Crippen LogP) is 3.99. The van der Waals surface area contributed by atoms with Gasteiger partial charge < -0.3 is 10.2 Å². The zero-order chi connectivity index (χ0) is 16.4. The average molecular weight is 349 g/mol. The van der Waals surface area contributed by atoms with Gasteiger partial charge in [0.2, 0.25) is 11.8 Å². The number of rotatable bonds is 3. The van der Waals surface area contributed by atoms with E-state index in [-0.39, 0.29) is 18.2 Å². The number of hydrogen-bond donors (Lipinski definition) is 1. The minimum Gasteiger partial charge on any atom is -0.326 e. The molecule has 0 spiro atoms. The Kier molecular flexibility index (Phi) is 4.55. The third-order valence-corrected chi connectivity index (χ3v) is 4.18. The Bertz CT molecular complexity index is 764. The van der Waals surface area contributed by atoms with Gasteiger partial charge in [0.15, 0.2) is 0 Å². The topological polar surface area (TPSA) is 49.4 Å². The Morgan fingerprint density at radius 1 is 1.09 bits per heavy atom. The summed E-state index contributed by atoms with van der Waals surface area (Å²) in [4.78, 5) is 26.1. The first-order valence-electron chi connectivity index (χ1n) is 7.15. The fourth-order valence-electron chi connectivity index (χ4n) is 2.59. The summed E-state index contributed by atoms with van der Waals surface area (Å²) in [6, 6.07) is 14.0. The number of carbonyl (C=O) groups is 2. The molecule has 2 aromatic rings. The van der Waals surface area contributed by atoms with Crippen molar-refractivity contribution in [2.75, 3.05) is 16.8 Å². The van der Waals surface area contributed by atoms with Gasteiger partial charge in [-0.15, -0.1) is 0 Å². The molecule has 1 saturated heterocycles. The minimum absolute atomic E-state index is 0.0847. The zero-order valence-corrected chi connectivity index (χ0v) is 13.6. The first kappa shape index (κ1) is 15.8. The number of nitrogens with zero attached hydrogens (tertiary/aromatic N) is 1. The van der Waals surface area contributed by atoms with Crippen LogP contribution in [0.1, 0.15) is 6.42 Å². The van der Waals surface area contributed by atoms with Crippen molar-refractivity contribution in [2.45, 2.75) is 6.42 Å². The molecule has 4 nitrogen and oxygen atoms in total. The van der Waals surface area contributed by atoms with E-state index in [1.807, 2.05) is 0 Å². The van der Waals surface area contributed by atoms with Crippen molar-refractivity contribution in [1.82, 2.24) is 0 Å². The molecule has 1 aliphatic heterocycles. The maximum atomic E-state index is 12.4. The fraction of sp³-hybridized carbons (Fsp3) is 0.176. The van der Waals surface area contributed by atoms with Gasteiger partial charge in [-0.25, -0.2) is 0 Å². The molecule has 6 heteroatoms. The minimum atomic E-state index is -0.402. The number of anilines is 2. The Morgan fingerprint density at radius 2 is 1.78 bits per heavy atom. The number of carbonyl (C=O) groups excluding carboxylic acids is 2. The van der Waals surface area contributed by atoms with E-state index in [0.29, 0.717) is 28.0 Å². The van der Waals surface area contributed by atoms with E-state index in [1.165, 1.54) is 0 Å². The molecule has 0 aromatic heterocycles. The van der Waals surface area contributed by atoms with E-state index in [0.717, 1.165) is 0 Å². The lowest BCUT2D eigenvalue weighted by atomic mass is 10.1. The lowest BCUT2D eigenvalue weighted by Crippen LogP contribution is -2.28. The molecule has 1 atom stereocenters. The van der Waals surface area contributed by atoms with Crippen LogP contribution in [0.15, 0.2) is 48.5 Å². The second kappa shape index (κ2) is 6.60. The van der Waals surface area contributed by atoms with E-state index in [4.69, 9.17) is 23.2 Å². The molecule has 1 unspecified atom stereocenters. The van der Waals surface area contributed by atoms with E-state index in [1.54, 1.807) is 53.4 Å². The summed E-state index contributed by atoms with van der Waals surface area (Å²) in [7, 11) is 0. The van der Waals surface area contributed by atoms with Gasteiger partial charge in [-0.05, 0) is 36.4 Å². The molecule has 0 aliphatic carbocycles. The van der Waals surface area contributed by atoms with Crippen LogP contribution in [-0.2, 0) is 9.59 Å². The van der Waals surface area contributed by atoms with Crippen molar-refractivity contribution in [3.8, 4) is 0 Å². The van der Waals surface area contributed by atoms with Gasteiger partial charge in [-0.3, -0.25) is 9.59 Å². The summed E-state index contributed by atoms with van der Waals surface area (Å²) < 4.78 is 0. The highest BCUT2D eigenvalue weighted by atomic mass is 35.5. The highest BCUT2D eigenvalue weighted by molar-refractivity contribution is 6.31. The summed E-state index contributed by atoms with van der Waals surface area (Å²) in [5.74, 6) is -0.677. The number of hydrogen-bond acceptors (Lipinski definition) is 2. The van der Waals surface area contributed by atoms with Crippen LogP contribution in [-0.4, -0.2) is 18.4 Å². The molecule has 23 heavy (non-hydrogen) atoms. The normalized spacial score (nSPS) is 17.4. The zero-order valence-electron chi connectivity index (χ0n) is 12.1. The molecule has 1 heterocycles. The fourth-order valence-corrected chi connectivity index (χ4v) is 2.96. The molecule has 3 rings (SSSR count). The molecule has 2 aromatic carbocycles. The monoisotopic (exact) mass is 348 g/mol. The standard InChI is InChI=1S/C17H14Cl2N2O2/c18-12-3-1-5-14(8-12)20-17(23)11-7-16(22)21(10-11)15-6-2-4-13(19)9-15/h1-6,8-9,11H,7,10H2,(H,20,23). The quantitative estimate of drug-likeness (QED) is 0.911. The van der Waals surface area contributed by atoms with E-state index < -0.39 is 5.92 Å². The molecule has 0 radical (unpaired) electrons. The third kappa shape index (κ3) is 3.66. The molecule has 2 amide bonds. The lowest BCUT2D eigenvalue weighted by molar-refractivity contribution is -0.122. The largest absolute Gasteiger partial charge is 0.326 e. The van der Waals surface area contributed by atoms with Gasteiger partial charge in [0, 0.05) is 34.4 Å². The van der Waals surface area contributed by atoms with Crippen molar-refractivity contribution in [3.05, 3.63) is 58.6 Å². The molecular formula is C17H14Cl2N2O2. The molecule has 0 saturated carbocycles. The van der Waals surface area contributed by atoms with Crippen LogP contribution in [0.3, 0.4) is 0 Å².